The lowest BCUT2D eigenvalue weighted by Gasteiger charge is -2.07. The highest BCUT2D eigenvalue weighted by atomic mass is 32.2. The maximum absolute atomic E-state index is 12.7. The van der Waals surface area contributed by atoms with Gasteiger partial charge >= 0.3 is 6.18 Å². The quantitative estimate of drug-likeness (QED) is 0.457. The molecule has 0 amide bonds. The molecule has 0 aromatic heterocycles. The molecule has 0 fully saturated rings. The van der Waals surface area contributed by atoms with Crippen LogP contribution in [0, 0.1) is 5.82 Å². The van der Waals surface area contributed by atoms with Crippen LogP contribution >= 0.6 is 11.8 Å². The number of halogens is 4. The van der Waals surface area contributed by atoms with Crippen molar-refractivity contribution in [2.24, 2.45) is 0 Å². The summed E-state index contributed by atoms with van der Waals surface area (Å²) < 4.78 is 49.9. The van der Waals surface area contributed by atoms with Crippen LogP contribution in [0.25, 0.3) is 0 Å². The van der Waals surface area contributed by atoms with Crippen LogP contribution < -0.4 is 0 Å². The normalized spacial score (nSPS) is 11.4. The third kappa shape index (κ3) is 4.32. The fraction of sp³-hybridized carbons (Fsp3) is 0.133. The molecule has 0 saturated carbocycles. The molecule has 110 valence electrons. The first-order chi connectivity index (χ1) is 9.86. The Balaban J connectivity index is 1.99. The van der Waals surface area contributed by atoms with Crippen LogP contribution in [0.1, 0.15) is 15.9 Å². The van der Waals surface area contributed by atoms with E-state index in [1.807, 2.05) is 0 Å². The van der Waals surface area contributed by atoms with Gasteiger partial charge in [0.2, 0.25) is 0 Å². The summed E-state index contributed by atoms with van der Waals surface area (Å²) in [6.07, 6.45) is -4.41. The van der Waals surface area contributed by atoms with Gasteiger partial charge < -0.3 is 0 Å². The van der Waals surface area contributed by atoms with Gasteiger partial charge in [0.15, 0.2) is 5.78 Å². The zero-order valence-corrected chi connectivity index (χ0v) is 11.5. The molecule has 0 saturated heterocycles. The van der Waals surface area contributed by atoms with Gasteiger partial charge in [-0.3, -0.25) is 4.79 Å². The summed E-state index contributed by atoms with van der Waals surface area (Å²) in [5, 5.41) is 0. The van der Waals surface area contributed by atoms with Crippen LogP contribution in [0.3, 0.4) is 0 Å². The van der Waals surface area contributed by atoms with Gasteiger partial charge in [-0.25, -0.2) is 4.39 Å². The number of alkyl halides is 3. The lowest BCUT2D eigenvalue weighted by Crippen LogP contribution is -2.07. The monoisotopic (exact) mass is 314 g/mol. The average molecular weight is 314 g/mol. The molecule has 0 aliphatic rings. The number of carbonyl (C=O) groups is 1. The molecular formula is C15H10F4OS. The summed E-state index contributed by atoms with van der Waals surface area (Å²) in [5.74, 6) is -0.566. The second-order valence-corrected chi connectivity index (χ2v) is 5.29. The Bertz CT molecular complexity index is 618. The van der Waals surface area contributed by atoms with Crippen molar-refractivity contribution in [3.8, 4) is 0 Å². The highest BCUT2D eigenvalue weighted by molar-refractivity contribution is 8.00. The molecule has 0 atom stereocenters. The number of hydrogen-bond acceptors (Lipinski definition) is 2. The van der Waals surface area contributed by atoms with Gasteiger partial charge in [0, 0.05) is 10.5 Å². The fourth-order valence-electron chi connectivity index (χ4n) is 1.61. The zero-order chi connectivity index (χ0) is 15.5. The number of thioether (sulfide) groups is 1. The minimum atomic E-state index is -4.41. The van der Waals surface area contributed by atoms with E-state index < -0.39 is 11.7 Å². The largest absolute Gasteiger partial charge is 0.416 e. The van der Waals surface area contributed by atoms with Crippen LogP contribution in [0.2, 0.25) is 0 Å². The van der Waals surface area contributed by atoms with Crippen LogP contribution in [-0.2, 0) is 6.18 Å². The first-order valence-corrected chi connectivity index (χ1v) is 6.93. The van der Waals surface area contributed by atoms with Crippen molar-refractivity contribution < 1.29 is 22.4 Å². The number of benzene rings is 2. The molecule has 2 rings (SSSR count). The van der Waals surface area contributed by atoms with E-state index in [-0.39, 0.29) is 22.9 Å². The van der Waals surface area contributed by atoms with Crippen molar-refractivity contribution in [3.05, 3.63) is 65.5 Å². The van der Waals surface area contributed by atoms with Crippen LogP contribution in [0.5, 0.6) is 0 Å². The molecule has 0 aliphatic heterocycles. The molecule has 0 spiro atoms. The number of rotatable bonds is 4. The Morgan fingerprint density at radius 3 is 2.05 bits per heavy atom. The Kier molecular flexibility index (Phi) is 4.67. The van der Waals surface area contributed by atoms with Crippen LogP contribution in [0.15, 0.2) is 53.4 Å². The SMILES string of the molecule is O=C(CSc1ccc(F)cc1)c1ccc(C(F)(F)F)cc1. The van der Waals surface area contributed by atoms with Gasteiger partial charge in [-0.15, -0.1) is 11.8 Å². The van der Waals surface area contributed by atoms with Gasteiger partial charge in [0.1, 0.15) is 5.82 Å². The topological polar surface area (TPSA) is 17.1 Å². The number of Topliss-reactive ketones (excluding diaryl/α,β-unsaturated/α-hetero) is 1. The lowest BCUT2D eigenvalue weighted by atomic mass is 10.1. The summed E-state index contributed by atoms with van der Waals surface area (Å²) >= 11 is 1.20. The third-order valence-corrected chi connectivity index (χ3v) is 3.73. The average Bonchev–Trinajstić information content (AvgIpc) is 2.45. The summed E-state index contributed by atoms with van der Waals surface area (Å²) in [5.41, 5.74) is -0.567. The molecule has 6 heteroatoms. The highest BCUT2D eigenvalue weighted by Gasteiger charge is 2.30. The van der Waals surface area contributed by atoms with E-state index >= 15 is 0 Å². The van der Waals surface area contributed by atoms with Gasteiger partial charge in [0.05, 0.1) is 11.3 Å². The van der Waals surface area contributed by atoms with E-state index in [1.165, 1.54) is 23.9 Å². The van der Waals surface area contributed by atoms with Crippen LogP contribution in [0.4, 0.5) is 17.6 Å². The molecule has 0 radical (unpaired) electrons. The van der Waals surface area contributed by atoms with Gasteiger partial charge in [0.25, 0.3) is 0 Å². The molecule has 0 bridgehead atoms. The Morgan fingerprint density at radius 2 is 1.52 bits per heavy atom. The van der Waals surface area contributed by atoms with Crippen molar-refractivity contribution in [3.63, 3.8) is 0 Å². The van der Waals surface area contributed by atoms with Crippen LogP contribution in [-0.4, -0.2) is 11.5 Å². The van der Waals surface area contributed by atoms with E-state index in [0.717, 1.165) is 29.2 Å². The van der Waals surface area contributed by atoms with Crippen molar-refractivity contribution in [2.75, 3.05) is 5.75 Å². The number of carbonyl (C=O) groups excluding carboxylic acids is 1. The molecule has 1 nitrogen and oxygen atoms in total. The molecule has 2 aromatic rings. The van der Waals surface area contributed by atoms with E-state index in [0.29, 0.717) is 0 Å². The molecular weight excluding hydrogens is 304 g/mol. The maximum Gasteiger partial charge on any atom is 0.416 e. The van der Waals surface area contributed by atoms with E-state index in [4.69, 9.17) is 0 Å². The van der Waals surface area contributed by atoms with Gasteiger partial charge in [-0.1, -0.05) is 12.1 Å². The van der Waals surface area contributed by atoms with E-state index in [1.54, 1.807) is 12.1 Å². The van der Waals surface area contributed by atoms with Crippen molar-refractivity contribution in [1.82, 2.24) is 0 Å². The second kappa shape index (κ2) is 6.30. The van der Waals surface area contributed by atoms with Crippen molar-refractivity contribution >= 4 is 17.5 Å². The Labute approximate surface area is 123 Å². The number of ketones is 1. The van der Waals surface area contributed by atoms with E-state index in [9.17, 15) is 22.4 Å². The first-order valence-electron chi connectivity index (χ1n) is 5.95. The second-order valence-electron chi connectivity index (χ2n) is 4.24. The van der Waals surface area contributed by atoms with Gasteiger partial charge in [-0.05, 0) is 36.4 Å². The van der Waals surface area contributed by atoms with Gasteiger partial charge in [-0.2, -0.15) is 13.2 Å². The van der Waals surface area contributed by atoms with Crippen molar-refractivity contribution in [2.45, 2.75) is 11.1 Å². The Morgan fingerprint density at radius 1 is 0.952 bits per heavy atom. The minimum Gasteiger partial charge on any atom is -0.293 e. The predicted octanol–water partition coefficient (Wildman–Crippen LogP) is 4.82. The Hall–Kier alpha value is -1.82. The summed E-state index contributed by atoms with van der Waals surface area (Å²) in [6.45, 7) is 0. The maximum atomic E-state index is 12.7. The summed E-state index contributed by atoms with van der Waals surface area (Å²) in [6, 6.07) is 9.74. The molecule has 21 heavy (non-hydrogen) atoms. The lowest BCUT2D eigenvalue weighted by molar-refractivity contribution is -0.137. The summed E-state index contributed by atoms with van der Waals surface area (Å²) in [7, 11) is 0. The standard InChI is InChI=1S/C15H10F4OS/c16-12-5-7-13(8-6-12)21-9-14(20)10-1-3-11(4-2-10)15(17,18)19/h1-8H,9H2. The zero-order valence-electron chi connectivity index (χ0n) is 10.7. The highest BCUT2D eigenvalue weighted by Crippen LogP contribution is 2.29. The molecule has 0 heterocycles. The van der Waals surface area contributed by atoms with E-state index in [2.05, 4.69) is 0 Å². The summed E-state index contributed by atoms with van der Waals surface area (Å²) in [4.78, 5) is 12.6. The molecule has 2 aromatic carbocycles. The minimum absolute atomic E-state index is 0.0804. The third-order valence-electron chi connectivity index (χ3n) is 2.72. The number of hydrogen-bond donors (Lipinski definition) is 0. The smallest absolute Gasteiger partial charge is 0.293 e. The molecule has 0 aliphatic carbocycles. The fourth-order valence-corrected chi connectivity index (χ4v) is 2.40. The first kappa shape index (κ1) is 15.6. The van der Waals surface area contributed by atoms with Crippen molar-refractivity contribution in [1.29, 1.82) is 0 Å². The predicted molar refractivity (Wildman–Crippen MR) is 72.9 cm³/mol. The molecule has 0 N–H and O–H groups in total. The molecule has 0 unspecified atom stereocenters.